The van der Waals surface area contributed by atoms with E-state index < -0.39 is 9.05 Å². The van der Waals surface area contributed by atoms with Crippen LogP contribution in [0.5, 0.6) is 0 Å². The Morgan fingerprint density at radius 3 is 0.750 bits per heavy atom. The highest BCUT2D eigenvalue weighted by atomic mass is 28.4. The van der Waals surface area contributed by atoms with E-state index in [2.05, 4.69) is 0 Å². The first-order valence-corrected chi connectivity index (χ1v) is 2.68. The summed E-state index contributed by atoms with van der Waals surface area (Å²) in [6.45, 7) is 0. The summed E-state index contributed by atoms with van der Waals surface area (Å²) in [6, 6.07) is 0. The van der Waals surface area contributed by atoms with Crippen LogP contribution in [0.2, 0.25) is 0 Å². The predicted molar refractivity (Wildman–Crippen MR) is 41.7 cm³/mol. The minimum atomic E-state index is -4.61. The zero-order valence-electron chi connectivity index (χ0n) is 2.29. The van der Waals surface area contributed by atoms with E-state index in [-0.39, 0.29) is 63.5 Å². The zero-order chi connectivity index (χ0) is 4.50. The first-order valence-electron chi connectivity index (χ1n) is 0.894. The molecule has 0 saturated heterocycles. The summed E-state index contributed by atoms with van der Waals surface area (Å²) < 4.78 is 0. The molecule has 4 nitrogen and oxygen atoms in total. The van der Waals surface area contributed by atoms with Gasteiger partial charge in [0, 0.05) is 0 Å². The van der Waals surface area contributed by atoms with Gasteiger partial charge in [-0.15, -0.1) is 0 Å². The van der Waals surface area contributed by atoms with Gasteiger partial charge in [-0.05, 0) is 0 Å². The molecule has 0 aromatic carbocycles. The maximum absolute atomic E-state index is 7.33. The Morgan fingerprint density at radius 2 is 0.750 bits per heavy atom. The van der Waals surface area contributed by atoms with Crippen molar-refractivity contribution in [3.8, 4) is 0 Å². The SMILES string of the molecule is O[Si](O)(O)O.[AlH3].[MgH2].[MgH2]. The van der Waals surface area contributed by atoms with Crippen LogP contribution in [0.25, 0.3) is 0 Å². The molecule has 0 aliphatic heterocycles. The lowest BCUT2D eigenvalue weighted by Crippen LogP contribution is -2.33. The average molecular weight is 179 g/mol. The Balaban J connectivity index is -0.0000000267. The van der Waals surface area contributed by atoms with E-state index in [1.165, 1.54) is 0 Å². The minimum Gasteiger partial charge on any atom is -0.368 e. The summed E-state index contributed by atoms with van der Waals surface area (Å²) in [4.78, 5) is 29.3. The van der Waals surface area contributed by atoms with Gasteiger partial charge in [0.25, 0.3) is 0 Å². The molecule has 0 heterocycles. The molecule has 0 aliphatic carbocycles. The van der Waals surface area contributed by atoms with Crippen molar-refractivity contribution in [3.63, 3.8) is 0 Å². The van der Waals surface area contributed by atoms with Gasteiger partial charge in [0.15, 0.2) is 17.4 Å². The lowest BCUT2D eigenvalue weighted by Gasteiger charge is -1.91. The summed E-state index contributed by atoms with van der Waals surface area (Å²) in [5.41, 5.74) is 0. The van der Waals surface area contributed by atoms with Crippen LogP contribution in [0, 0.1) is 0 Å². The third kappa shape index (κ3) is 91.5. The second-order valence-electron chi connectivity index (χ2n) is 0.600. The Labute approximate surface area is 90.8 Å². The molecule has 8 heavy (non-hydrogen) atoms. The lowest BCUT2D eigenvalue weighted by atomic mass is 15.7. The first-order chi connectivity index (χ1) is 2.00. The molecule has 4 N–H and O–H groups in total. The van der Waals surface area contributed by atoms with Crippen molar-refractivity contribution >= 4 is 72.5 Å². The van der Waals surface area contributed by atoms with E-state index in [1.54, 1.807) is 0 Å². The molecule has 0 fully saturated rings. The number of rotatable bonds is 0. The van der Waals surface area contributed by atoms with E-state index in [0.29, 0.717) is 0 Å². The Kier molecular flexibility index (Phi) is 25.6. The molecule has 0 atom stereocenters. The molecular formula is H11AlMg2O4Si. The Hall–Kier alpha value is 2.12. The van der Waals surface area contributed by atoms with Gasteiger partial charge in [0.1, 0.15) is 0 Å². The second-order valence-corrected chi connectivity index (χ2v) is 1.80. The molecule has 0 rings (SSSR count). The molecule has 0 aromatic heterocycles. The Morgan fingerprint density at radius 1 is 0.750 bits per heavy atom. The van der Waals surface area contributed by atoms with Crippen LogP contribution in [0.15, 0.2) is 0 Å². The lowest BCUT2D eigenvalue weighted by molar-refractivity contribution is 0.117. The zero-order valence-corrected chi connectivity index (χ0v) is 3.29. The van der Waals surface area contributed by atoms with Gasteiger partial charge in [-0.3, -0.25) is 0 Å². The van der Waals surface area contributed by atoms with Crippen LogP contribution in [-0.2, 0) is 0 Å². The maximum atomic E-state index is 7.33. The van der Waals surface area contributed by atoms with Gasteiger partial charge in [-0.1, -0.05) is 0 Å². The van der Waals surface area contributed by atoms with Gasteiger partial charge in [-0.25, -0.2) is 0 Å². The summed E-state index contributed by atoms with van der Waals surface area (Å²) >= 11 is 0. The topological polar surface area (TPSA) is 80.9 Å². The van der Waals surface area contributed by atoms with Crippen LogP contribution >= 0.6 is 0 Å². The first kappa shape index (κ1) is 22.5. The molecule has 0 radical (unpaired) electrons. The summed E-state index contributed by atoms with van der Waals surface area (Å²) in [6.07, 6.45) is 0. The molecule has 0 aliphatic rings. The van der Waals surface area contributed by atoms with Gasteiger partial charge in [0.05, 0.1) is 0 Å². The van der Waals surface area contributed by atoms with Crippen LogP contribution in [-0.4, -0.2) is 91.7 Å². The highest BCUT2D eigenvalue weighted by Gasteiger charge is 2.22. The van der Waals surface area contributed by atoms with Crippen LogP contribution in [0.4, 0.5) is 0 Å². The summed E-state index contributed by atoms with van der Waals surface area (Å²) in [5, 5.41) is 0. The quantitative estimate of drug-likeness (QED) is 0.279. The van der Waals surface area contributed by atoms with Crippen molar-refractivity contribution < 1.29 is 19.2 Å². The molecule has 8 heteroatoms. The molecule has 46 valence electrons. The van der Waals surface area contributed by atoms with E-state index in [1.807, 2.05) is 0 Å². The van der Waals surface area contributed by atoms with E-state index in [0.717, 1.165) is 0 Å². The standard InChI is InChI=1S/Al.2Mg.H4O4Si.7H/c;;;1-5(2,3)4;;;;;;;/h;;;1-4H;;;;;;;. The largest absolute Gasteiger partial charge is 0.668 e. The third-order valence-electron chi connectivity index (χ3n) is 0. The molecule has 0 aromatic rings. The number of hydrogen-bond donors (Lipinski definition) is 4. The Bertz CT molecular complexity index is 29.5. The van der Waals surface area contributed by atoms with Crippen molar-refractivity contribution in [1.82, 2.24) is 0 Å². The van der Waals surface area contributed by atoms with E-state index in [9.17, 15) is 0 Å². The molecule has 0 bridgehead atoms. The van der Waals surface area contributed by atoms with E-state index in [4.69, 9.17) is 19.2 Å². The van der Waals surface area contributed by atoms with Gasteiger partial charge in [0.2, 0.25) is 0 Å². The van der Waals surface area contributed by atoms with Crippen LogP contribution in [0.3, 0.4) is 0 Å². The van der Waals surface area contributed by atoms with Gasteiger partial charge >= 0.3 is 55.2 Å². The fourth-order valence-corrected chi connectivity index (χ4v) is 0. The van der Waals surface area contributed by atoms with Crippen molar-refractivity contribution in [2.45, 2.75) is 0 Å². The molecule has 0 amide bonds. The smallest absolute Gasteiger partial charge is 0.368 e. The van der Waals surface area contributed by atoms with Gasteiger partial charge in [-0.2, -0.15) is 0 Å². The highest BCUT2D eigenvalue weighted by Crippen LogP contribution is 1.67. The molecule has 0 spiro atoms. The fourth-order valence-electron chi connectivity index (χ4n) is 0. The molecule has 0 unspecified atom stereocenters. The van der Waals surface area contributed by atoms with Crippen molar-refractivity contribution in [3.05, 3.63) is 0 Å². The fraction of sp³-hybridized carbons (Fsp3) is 0. The van der Waals surface area contributed by atoms with Crippen LogP contribution < -0.4 is 0 Å². The second kappa shape index (κ2) is 9.12. The monoisotopic (exact) mass is 178 g/mol. The predicted octanol–water partition coefficient (Wildman–Crippen LogP) is -5.63. The third-order valence-corrected chi connectivity index (χ3v) is 0. The van der Waals surface area contributed by atoms with E-state index >= 15 is 0 Å². The number of hydrogen-bond acceptors (Lipinski definition) is 4. The maximum Gasteiger partial charge on any atom is 0.668 e. The molecule has 0 saturated carbocycles. The summed E-state index contributed by atoms with van der Waals surface area (Å²) in [5.74, 6) is 0. The molecular weight excluding hydrogens is 168 g/mol. The van der Waals surface area contributed by atoms with Crippen LogP contribution in [0.1, 0.15) is 0 Å². The normalized spacial score (nSPS) is 7.50. The highest BCUT2D eigenvalue weighted by molar-refractivity contribution is 6.46. The van der Waals surface area contributed by atoms with Crippen molar-refractivity contribution in [2.75, 3.05) is 0 Å². The average Bonchev–Trinajstić information content (AvgIpc) is 0.722. The summed E-state index contributed by atoms with van der Waals surface area (Å²) in [7, 11) is -4.61. The van der Waals surface area contributed by atoms with Gasteiger partial charge < -0.3 is 19.2 Å². The van der Waals surface area contributed by atoms with Crippen molar-refractivity contribution in [2.24, 2.45) is 0 Å². The van der Waals surface area contributed by atoms with Crippen molar-refractivity contribution in [1.29, 1.82) is 0 Å². The minimum absolute atomic E-state index is 0.